The maximum atomic E-state index is 6.07. The van der Waals surface area contributed by atoms with Gasteiger partial charge in [-0.05, 0) is 62.7 Å². The lowest BCUT2D eigenvalue weighted by molar-refractivity contribution is 0.456. The van der Waals surface area contributed by atoms with E-state index in [1.54, 1.807) is 0 Å². The van der Waals surface area contributed by atoms with Gasteiger partial charge in [-0.1, -0.05) is 0 Å². The highest BCUT2D eigenvalue weighted by atomic mass is 15.1. The molecule has 3 N–H and O–H groups in total. The smallest absolute Gasteiger partial charge is 0.136 e. The van der Waals surface area contributed by atoms with Crippen LogP contribution in [-0.2, 0) is 0 Å². The van der Waals surface area contributed by atoms with Gasteiger partial charge in [-0.3, -0.25) is 0 Å². The van der Waals surface area contributed by atoms with Gasteiger partial charge < -0.3 is 11.1 Å². The van der Waals surface area contributed by atoms with Gasteiger partial charge in [0.2, 0.25) is 0 Å². The van der Waals surface area contributed by atoms with Gasteiger partial charge in [0.15, 0.2) is 0 Å². The second-order valence-corrected chi connectivity index (χ2v) is 7.37. The van der Waals surface area contributed by atoms with Crippen LogP contribution >= 0.6 is 0 Å². The van der Waals surface area contributed by atoms with Gasteiger partial charge in [-0.15, -0.1) is 0 Å². The van der Waals surface area contributed by atoms with E-state index in [1.807, 2.05) is 6.92 Å². The molecule has 106 valence electrons. The summed E-state index contributed by atoms with van der Waals surface area (Å²) in [5.41, 5.74) is 7.11. The van der Waals surface area contributed by atoms with Crippen molar-refractivity contribution in [2.24, 2.45) is 23.7 Å². The van der Waals surface area contributed by atoms with Crippen LogP contribution in [0.25, 0.3) is 0 Å². The highest BCUT2D eigenvalue weighted by molar-refractivity contribution is 5.56. The molecule has 0 amide bonds. The fraction of sp³-hybridized carbons (Fsp3) is 0.750. The molecule has 1 aromatic rings. The van der Waals surface area contributed by atoms with Crippen molar-refractivity contribution in [3.05, 3.63) is 11.4 Å². The van der Waals surface area contributed by atoms with Crippen molar-refractivity contribution in [2.45, 2.75) is 51.0 Å². The molecule has 4 fully saturated rings. The minimum atomic E-state index is 0.563. The third-order valence-electron chi connectivity index (χ3n) is 6.18. The van der Waals surface area contributed by atoms with Crippen LogP contribution in [0, 0.1) is 30.6 Å². The van der Waals surface area contributed by atoms with Gasteiger partial charge in [0.25, 0.3) is 0 Å². The first-order valence-electron chi connectivity index (χ1n) is 8.13. The van der Waals surface area contributed by atoms with Crippen molar-refractivity contribution in [2.75, 3.05) is 11.1 Å². The summed E-state index contributed by atoms with van der Waals surface area (Å²) in [5.74, 6) is 7.03. The molecule has 1 heterocycles. The molecule has 4 heteroatoms. The Morgan fingerprint density at radius 2 is 1.75 bits per heavy atom. The Bertz CT molecular complexity index is 564. The Balaban J connectivity index is 1.41. The van der Waals surface area contributed by atoms with E-state index >= 15 is 0 Å². The minimum Gasteiger partial charge on any atom is -0.383 e. The molecule has 4 aliphatic carbocycles. The molecule has 0 aromatic carbocycles. The lowest BCUT2D eigenvalue weighted by Crippen LogP contribution is -2.16. The monoisotopic (exact) mass is 270 g/mol. The van der Waals surface area contributed by atoms with E-state index in [4.69, 9.17) is 10.7 Å². The number of nitrogen functional groups attached to an aromatic ring is 1. The van der Waals surface area contributed by atoms with Gasteiger partial charge in [-0.2, -0.15) is 0 Å². The highest BCUT2D eigenvalue weighted by Crippen LogP contribution is 2.66. The molecule has 1 aromatic heterocycles. The van der Waals surface area contributed by atoms with E-state index in [-0.39, 0.29) is 0 Å². The number of aromatic nitrogens is 2. The SMILES string of the molecule is Cc1c(N)nc(C2CC2)nc1NC1C2C3CCC(C3)C12. The number of hydrogen-bond donors (Lipinski definition) is 2. The number of nitrogens with zero attached hydrogens (tertiary/aromatic N) is 2. The average Bonchev–Trinajstić information content (AvgIpc) is 3.33. The molecule has 4 atom stereocenters. The molecule has 0 spiro atoms. The van der Waals surface area contributed by atoms with Crippen molar-refractivity contribution in [3.63, 3.8) is 0 Å². The predicted octanol–water partition coefficient (Wildman–Crippen LogP) is 2.70. The summed E-state index contributed by atoms with van der Waals surface area (Å²) in [5, 5.41) is 3.72. The van der Waals surface area contributed by atoms with E-state index in [0.29, 0.717) is 17.8 Å². The number of nitrogens with two attached hydrogens (primary N) is 1. The molecule has 0 radical (unpaired) electrons. The average molecular weight is 270 g/mol. The van der Waals surface area contributed by atoms with Crippen molar-refractivity contribution in [1.82, 2.24) is 9.97 Å². The molecule has 5 rings (SSSR count). The van der Waals surface area contributed by atoms with Crippen LogP contribution in [0.15, 0.2) is 0 Å². The number of fused-ring (bicyclic) bond motifs is 5. The van der Waals surface area contributed by atoms with Crippen molar-refractivity contribution in [3.8, 4) is 0 Å². The minimum absolute atomic E-state index is 0.563. The fourth-order valence-electron chi connectivity index (χ4n) is 4.89. The van der Waals surface area contributed by atoms with E-state index in [0.717, 1.165) is 40.9 Å². The van der Waals surface area contributed by atoms with Gasteiger partial charge in [0.1, 0.15) is 17.5 Å². The molecule has 4 unspecified atom stereocenters. The molecular weight excluding hydrogens is 248 g/mol. The Morgan fingerprint density at radius 1 is 1.05 bits per heavy atom. The normalized spacial score (nSPS) is 40.8. The quantitative estimate of drug-likeness (QED) is 0.886. The number of anilines is 2. The summed E-state index contributed by atoms with van der Waals surface area (Å²) in [6.07, 6.45) is 6.86. The van der Waals surface area contributed by atoms with E-state index in [2.05, 4.69) is 10.3 Å². The summed E-state index contributed by atoms with van der Waals surface area (Å²) >= 11 is 0. The zero-order chi connectivity index (χ0) is 13.4. The highest BCUT2D eigenvalue weighted by Gasteiger charge is 2.65. The van der Waals surface area contributed by atoms with Crippen LogP contribution < -0.4 is 11.1 Å². The van der Waals surface area contributed by atoms with E-state index < -0.39 is 0 Å². The van der Waals surface area contributed by atoms with Gasteiger partial charge in [0, 0.05) is 17.5 Å². The molecule has 20 heavy (non-hydrogen) atoms. The Morgan fingerprint density at radius 3 is 2.40 bits per heavy atom. The van der Waals surface area contributed by atoms with Crippen LogP contribution in [0.4, 0.5) is 11.6 Å². The molecule has 2 bridgehead atoms. The Hall–Kier alpha value is -1.32. The topological polar surface area (TPSA) is 63.8 Å². The van der Waals surface area contributed by atoms with Crippen molar-refractivity contribution >= 4 is 11.6 Å². The summed E-state index contributed by atoms with van der Waals surface area (Å²) in [7, 11) is 0. The fourth-order valence-corrected chi connectivity index (χ4v) is 4.89. The lowest BCUT2D eigenvalue weighted by atomic mass is 10.0. The zero-order valence-electron chi connectivity index (χ0n) is 12.0. The van der Waals surface area contributed by atoms with Gasteiger partial charge in [-0.25, -0.2) is 9.97 Å². The lowest BCUT2D eigenvalue weighted by Gasteiger charge is -2.15. The van der Waals surface area contributed by atoms with Crippen LogP contribution in [0.3, 0.4) is 0 Å². The third kappa shape index (κ3) is 1.48. The molecule has 0 aliphatic heterocycles. The first-order chi connectivity index (χ1) is 9.72. The van der Waals surface area contributed by atoms with Crippen LogP contribution in [0.5, 0.6) is 0 Å². The van der Waals surface area contributed by atoms with Gasteiger partial charge >= 0.3 is 0 Å². The van der Waals surface area contributed by atoms with E-state index in [9.17, 15) is 0 Å². The predicted molar refractivity (Wildman–Crippen MR) is 78.4 cm³/mol. The number of hydrogen-bond acceptors (Lipinski definition) is 4. The molecule has 4 nitrogen and oxygen atoms in total. The second kappa shape index (κ2) is 3.66. The summed E-state index contributed by atoms with van der Waals surface area (Å²) in [6.45, 7) is 2.04. The maximum absolute atomic E-state index is 6.07. The first-order valence-corrected chi connectivity index (χ1v) is 8.13. The zero-order valence-corrected chi connectivity index (χ0v) is 12.0. The molecule has 0 saturated heterocycles. The molecule has 4 aliphatic rings. The first kappa shape index (κ1) is 11.4. The van der Waals surface area contributed by atoms with E-state index in [1.165, 1.54) is 32.1 Å². The number of nitrogens with one attached hydrogen (secondary N) is 1. The summed E-state index contributed by atoms with van der Waals surface area (Å²) < 4.78 is 0. The second-order valence-electron chi connectivity index (χ2n) is 7.37. The molecular formula is C16H22N4. The Labute approximate surface area is 119 Å². The van der Waals surface area contributed by atoms with Crippen LogP contribution in [0.2, 0.25) is 0 Å². The standard InChI is InChI=1S/C16H22N4/c1-7-14(17)19-16(8-2-3-8)20-15(7)18-13-11-9-4-5-10(6-9)12(11)13/h8-13H,2-6H2,1H3,(H3,17,18,19,20). The summed E-state index contributed by atoms with van der Waals surface area (Å²) in [4.78, 5) is 9.24. The maximum Gasteiger partial charge on any atom is 0.136 e. The number of rotatable bonds is 3. The largest absolute Gasteiger partial charge is 0.383 e. The third-order valence-corrected chi connectivity index (χ3v) is 6.18. The van der Waals surface area contributed by atoms with Crippen molar-refractivity contribution in [1.29, 1.82) is 0 Å². The van der Waals surface area contributed by atoms with Crippen LogP contribution in [0.1, 0.15) is 49.4 Å². The van der Waals surface area contributed by atoms with Crippen molar-refractivity contribution < 1.29 is 0 Å². The van der Waals surface area contributed by atoms with Crippen LogP contribution in [-0.4, -0.2) is 16.0 Å². The van der Waals surface area contributed by atoms with Gasteiger partial charge in [0.05, 0.1) is 0 Å². The molecule has 4 saturated carbocycles. The summed E-state index contributed by atoms with van der Waals surface area (Å²) in [6, 6.07) is 0.668. The Kier molecular flexibility index (Phi) is 2.08.